The fourth-order valence-electron chi connectivity index (χ4n) is 8.42. The molecule has 0 saturated heterocycles. The Hall–Kier alpha value is -7.69. The number of benzene rings is 8. The second-order valence-electron chi connectivity index (χ2n) is 14.5. The van der Waals surface area contributed by atoms with E-state index in [9.17, 15) is 0 Å². The summed E-state index contributed by atoms with van der Waals surface area (Å²) in [7, 11) is 0. The second-order valence-corrected chi connectivity index (χ2v) is 14.5. The molecule has 0 N–H and O–H groups in total. The van der Waals surface area contributed by atoms with Gasteiger partial charge in [-0.3, -0.25) is 4.40 Å². The first-order valence-corrected chi connectivity index (χ1v) is 19.4. The summed E-state index contributed by atoms with van der Waals surface area (Å²) in [5.74, 6) is 0. The lowest BCUT2D eigenvalue weighted by atomic mass is 10.0. The van der Waals surface area contributed by atoms with Gasteiger partial charge in [0.15, 0.2) is 0 Å². The molecule has 0 aliphatic rings. The van der Waals surface area contributed by atoms with Crippen LogP contribution in [-0.4, -0.2) is 14.0 Å². The molecule has 4 heteroatoms. The number of rotatable bonds is 7. The Morgan fingerprint density at radius 1 is 0.386 bits per heavy atom. The highest BCUT2D eigenvalue weighted by Gasteiger charge is 2.19. The van der Waals surface area contributed by atoms with E-state index in [0.717, 1.165) is 50.9 Å². The zero-order valence-corrected chi connectivity index (χ0v) is 31.1. The van der Waals surface area contributed by atoms with E-state index in [1.165, 1.54) is 43.7 Å². The van der Waals surface area contributed by atoms with E-state index >= 15 is 0 Å². The van der Waals surface area contributed by atoms with Crippen molar-refractivity contribution in [2.45, 2.75) is 0 Å². The number of fused-ring (bicyclic) bond motifs is 5. The fourth-order valence-corrected chi connectivity index (χ4v) is 8.42. The van der Waals surface area contributed by atoms with Crippen molar-refractivity contribution in [1.29, 1.82) is 0 Å². The van der Waals surface area contributed by atoms with Gasteiger partial charge in [0.05, 0.1) is 22.4 Å². The predicted octanol–water partition coefficient (Wildman–Crippen LogP) is 14.1. The van der Waals surface area contributed by atoms with Gasteiger partial charge in [0.2, 0.25) is 0 Å². The minimum Gasteiger partial charge on any atom is -0.310 e. The van der Waals surface area contributed by atoms with Gasteiger partial charge in [0, 0.05) is 50.8 Å². The van der Waals surface area contributed by atoms with Crippen molar-refractivity contribution < 1.29 is 0 Å². The summed E-state index contributed by atoms with van der Waals surface area (Å²) in [4.78, 5) is 7.42. The Kier molecular flexibility index (Phi) is 7.78. The summed E-state index contributed by atoms with van der Waals surface area (Å²) in [5.41, 5.74) is 14.3. The Balaban J connectivity index is 0.965. The fraction of sp³-hybridized carbons (Fsp3) is 0. The minimum atomic E-state index is 0.920. The average molecular weight is 729 g/mol. The van der Waals surface area contributed by atoms with Crippen LogP contribution in [0.2, 0.25) is 0 Å². The number of anilines is 3. The molecule has 268 valence electrons. The third kappa shape index (κ3) is 5.66. The van der Waals surface area contributed by atoms with Crippen LogP contribution < -0.4 is 4.90 Å². The first-order valence-electron chi connectivity index (χ1n) is 19.4. The standard InChI is InChI=1S/C53H36N4/c1-3-14-39(15-4-1)52-53(55-33-12-11-24-51(55)54-52)42-18-13-21-46(34-42)56(43-19-5-2-6-20-43)44-29-25-37(26-30-44)38-27-31-45(32-28-38)57-49-23-10-9-22-47(49)48-35-40-16-7-8-17-41(40)36-50(48)57/h1-36H. The highest BCUT2D eigenvalue weighted by Crippen LogP contribution is 2.40. The lowest BCUT2D eigenvalue weighted by molar-refractivity contribution is 1.18. The maximum Gasteiger partial charge on any atom is 0.137 e. The third-order valence-corrected chi connectivity index (χ3v) is 11.1. The zero-order chi connectivity index (χ0) is 37.7. The molecule has 8 aromatic carbocycles. The van der Waals surface area contributed by atoms with Crippen molar-refractivity contribution in [3.8, 4) is 39.3 Å². The molecule has 0 fully saturated rings. The van der Waals surface area contributed by atoms with E-state index in [1.807, 2.05) is 12.1 Å². The SMILES string of the molecule is c1ccc(-c2nc3ccccn3c2-c2cccc(N(c3ccccc3)c3ccc(-c4ccc(-n5c6ccccc6c6cc7ccccc7cc65)cc4)cc3)c2)cc1. The van der Waals surface area contributed by atoms with Gasteiger partial charge in [-0.25, -0.2) is 4.98 Å². The van der Waals surface area contributed by atoms with Gasteiger partial charge in [-0.2, -0.15) is 0 Å². The third-order valence-electron chi connectivity index (χ3n) is 11.1. The zero-order valence-electron chi connectivity index (χ0n) is 31.1. The molecule has 0 saturated carbocycles. The monoisotopic (exact) mass is 728 g/mol. The molecule has 4 nitrogen and oxygen atoms in total. The molecule has 11 aromatic rings. The van der Waals surface area contributed by atoms with Gasteiger partial charge in [0.25, 0.3) is 0 Å². The maximum absolute atomic E-state index is 5.09. The van der Waals surface area contributed by atoms with Gasteiger partial charge < -0.3 is 9.47 Å². The quantitative estimate of drug-likeness (QED) is 0.163. The lowest BCUT2D eigenvalue weighted by Gasteiger charge is -2.26. The van der Waals surface area contributed by atoms with Crippen LogP contribution >= 0.6 is 0 Å². The topological polar surface area (TPSA) is 25.5 Å². The smallest absolute Gasteiger partial charge is 0.137 e. The van der Waals surface area contributed by atoms with E-state index in [-0.39, 0.29) is 0 Å². The normalized spacial score (nSPS) is 11.5. The van der Waals surface area contributed by atoms with Crippen LogP contribution in [0.15, 0.2) is 219 Å². The van der Waals surface area contributed by atoms with Crippen LogP contribution in [0.1, 0.15) is 0 Å². The van der Waals surface area contributed by atoms with E-state index in [4.69, 9.17) is 4.98 Å². The number of aromatic nitrogens is 3. The lowest BCUT2D eigenvalue weighted by Crippen LogP contribution is -2.10. The Bertz CT molecular complexity index is 3210. The number of hydrogen-bond acceptors (Lipinski definition) is 2. The van der Waals surface area contributed by atoms with Crippen molar-refractivity contribution in [2.24, 2.45) is 0 Å². The van der Waals surface area contributed by atoms with Gasteiger partial charge in [-0.15, -0.1) is 0 Å². The van der Waals surface area contributed by atoms with Gasteiger partial charge in [-0.1, -0.05) is 133 Å². The molecule has 0 spiro atoms. The molecule has 0 amide bonds. The Morgan fingerprint density at radius 3 is 1.79 bits per heavy atom. The molecular weight excluding hydrogens is 693 g/mol. The number of nitrogens with zero attached hydrogens (tertiary/aromatic N) is 4. The first-order chi connectivity index (χ1) is 28.3. The summed E-state index contributed by atoms with van der Waals surface area (Å²) in [6, 6.07) is 75.9. The van der Waals surface area contributed by atoms with Crippen molar-refractivity contribution in [3.05, 3.63) is 219 Å². The molecule has 57 heavy (non-hydrogen) atoms. The van der Waals surface area contributed by atoms with Gasteiger partial charge in [0.1, 0.15) is 5.65 Å². The molecule has 0 unspecified atom stereocenters. The average Bonchev–Trinajstić information content (AvgIpc) is 3.83. The van der Waals surface area contributed by atoms with Gasteiger partial charge in [-0.05, 0) is 101 Å². The minimum absolute atomic E-state index is 0.920. The highest BCUT2D eigenvalue weighted by molar-refractivity contribution is 6.13. The molecule has 0 bridgehead atoms. The number of hydrogen-bond donors (Lipinski definition) is 0. The summed E-state index contributed by atoms with van der Waals surface area (Å²) < 4.78 is 4.59. The van der Waals surface area contributed by atoms with Crippen LogP contribution in [0, 0.1) is 0 Å². The van der Waals surface area contributed by atoms with Crippen molar-refractivity contribution in [1.82, 2.24) is 14.0 Å². The molecule has 3 aromatic heterocycles. The summed E-state index contributed by atoms with van der Waals surface area (Å²) in [5, 5.41) is 5.04. The van der Waals surface area contributed by atoms with Crippen LogP contribution in [0.3, 0.4) is 0 Å². The van der Waals surface area contributed by atoms with E-state index in [1.54, 1.807) is 0 Å². The maximum atomic E-state index is 5.09. The molecule has 0 aliphatic heterocycles. The molecule has 11 rings (SSSR count). The highest BCUT2D eigenvalue weighted by atomic mass is 15.1. The van der Waals surface area contributed by atoms with E-state index in [2.05, 4.69) is 220 Å². The second kappa shape index (κ2) is 13.6. The number of pyridine rings is 1. The molecular formula is C53H36N4. The Labute approximate surface area is 330 Å². The molecule has 0 aliphatic carbocycles. The van der Waals surface area contributed by atoms with Crippen molar-refractivity contribution >= 4 is 55.3 Å². The first kappa shape index (κ1) is 32.7. The Morgan fingerprint density at radius 2 is 1.00 bits per heavy atom. The summed E-state index contributed by atoms with van der Waals surface area (Å²) >= 11 is 0. The van der Waals surface area contributed by atoms with E-state index < -0.39 is 0 Å². The summed E-state index contributed by atoms with van der Waals surface area (Å²) in [6.07, 6.45) is 2.10. The number of para-hydroxylation sites is 2. The van der Waals surface area contributed by atoms with Crippen molar-refractivity contribution in [2.75, 3.05) is 4.90 Å². The van der Waals surface area contributed by atoms with Crippen molar-refractivity contribution in [3.63, 3.8) is 0 Å². The van der Waals surface area contributed by atoms with Crippen LogP contribution in [-0.2, 0) is 0 Å². The summed E-state index contributed by atoms with van der Waals surface area (Å²) in [6.45, 7) is 0. The molecule has 3 heterocycles. The van der Waals surface area contributed by atoms with Crippen LogP contribution in [0.4, 0.5) is 17.1 Å². The van der Waals surface area contributed by atoms with Crippen LogP contribution in [0.25, 0.3) is 77.6 Å². The number of imidazole rings is 1. The van der Waals surface area contributed by atoms with E-state index in [0.29, 0.717) is 0 Å². The largest absolute Gasteiger partial charge is 0.310 e. The van der Waals surface area contributed by atoms with Crippen LogP contribution in [0.5, 0.6) is 0 Å². The molecule has 0 radical (unpaired) electrons. The predicted molar refractivity (Wildman–Crippen MR) is 238 cm³/mol. The van der Waals surface area contributed by atoms with Gasteiger partial charge >= 0.3 is 0 Å². The molecule has 0 atom stereocenters.